The first-order valence-corrected chi connectivity index (χ1v) is 8.56. The van der Waals surface area contributed by atoms with Gasteiger partial charge in [0.1, 0.15) is 17.1 Å². The van der Waals surface area contributed by atoms with Crippen LogP contribution in [0.5, 0.6) is 5.75 Å². The Balaban J connectivity index is 2.02. The fourth-order valence-corrected chi connectivity index (χ4v) is 2.91. The van der Waals surface area contributed by atoms with E-state index < -0.39 is 28.9 Å². The van der Waals surface area contributed by atoms with Gasteiger partial charge in [0.2, 0.25) is 5.43 Å². The van der Waals surface area contributed by atoms with Crippen LogP contribution in [-0.2, 0) is 13.2 Å². The van der Waals surface area contributed by atoms with E-state index in [2.05, 4.69) is 5.32 Å². The monoisotopic (exact) mass is 408 g/mol. The van der Waals surface area contributed by atoms with Crippen molar-refractivity contribution in [2.45, 2.75) is 13.1 Å². The predicted molar refractivity (Wildman–Crippen MR) is 99.7 cm³/mol. The molecule has 0 aliphatic rings. The highest BCUT2D eigenvalue weighted by Gasteiger charge is 2.34. The van der Waals surface area contributed by atoms with Crippen LogP contribution in [0.4, 0.5) is 23.2 Å². The number of nitrogens with zero attached hydrogens (tertiary/aromatic N) is 1. The van der Waals surface area contributed by atoms with Gasteiger partial charge in [-0.15, -0.1) is 0 Å². The Morgan fingerprint density at radius 3 is 2.55 bits per heavy atom. The molecule has 1 aromatic heterocycles. The number of aryl methyl sites for hydroxylation is 1. The Morgan fingerprint density at radius 2 is 1.90 bits per heavy atom. The Morgan fingerprint density at radius 1 is 1.17 bits per heavy atom. The summed E-state index contributed by atoms with van der Waals surface area (Å²) in [6, 6.07) is 6.91. The highest BCUT2D eigenvalue weighted by molar-refractivity contribution is 6.05. The number of fused-ring (bicyclic) bond motifs is 1. The molecular formula is C20H16F4N2O3. The van der Waals surface area contributed by atoms with Crippen molar-refractivity contribution >= 4 is 22.5 Å². The first-order chi connectivity index (χ1) is 13.6. The van der Waals surface area contributed by atoms with Crippen LogP contribution in [0, 0.1) is 5.82 Å². The van der Waals surface area contributed by atoms with E-state index in [0.29, 0.717) is 30.0 Å². The summed E-state index contributed by atoms with van der Waals surface area (Å²) in [7, 11) is 1.62. The number of carbonyl (C=O) groups excluding carboxylic acids is 1. The highest BCUT2D eigenvalue weighted by atomic mass is 19.4. The molecule has 0 aliphatic heterocycles. The van der Waals surface area contributed by atoms with Gasteiger partial charge in [0, 0.05) is 18.9 Å². The molecule has 0 radical (unpaired) electrons. The van der Waals surface area contributed by atoms with Gasteiger partial charge >= 0.3 is 6.18 Å². The number of alkyl halides is 3. The lowest BCUT2D eigenvalue weighted by Gasteiger charge is -2.13. The normalized spacial score (nSPS) is 11.5. The molecule has 0 unspecified atom stereocenters. The van der Waals surface area contributed by atoms with E-state index in [4.69, 9.17) is 4.74 Å². The van der Waals surface area contributed by atoms with Crippen LogP contribution in [0.2, 0.25) is 0 Å². The molecular weight excluding hydrogens is 392 g/mol. The Bertz CT molecular complexity index is 1150. The van der Waals surface area contributed by atoms with Gasteiger partial charge in [0.25, 0.3) is 5.91 Å². The molecule has 152 valence electrons. The minimum Gasteiger partial charge on any atom is -0.494 e. The van der Waals surface area contributed by atoms with Crippen LogP contribution in [0.1, 0.15) is 22.8 Å². The molecule has 1 heterocycles. The van der Waals surface area contributed by atoms with Gasteiger partial charge in [-0.3, -0.25) is 9.59 Å². The summed E-state index contributed by atoms with van der Waals surface area (Å²) in [6.45, 7) is 2.17. The predicted octanol–water partition coefficient (Wildman–Crippen LogP) is 4.35. The second kappa shape index (κ2) is 7.57. The second-order valence-corrected chi connectivity index (χ2v) is 6.24. The number of hydrogen-bond acceptors (Lipinski definition) is 3. The van der Waals surface area contributed by atoms with Gasteiger partial charge in [-0.1, -0.05) is 0 Å². The van der Waals surface area contributed by atoms with E-state index in [1.165, 1.54) is 12.3 Å². The minimum atomic E-state index is -4.92. The van der Waals surface area contributed by atoms with Gasteiger partial charge in [0.15, 0.2) is 0 Å². The van der Waals surface area contributed by atoms with E-state index >= 15 is 0 Å². The van der Waals surface area contributed by atoms with E-state index in [1.807, 2.05) is 0 Å². The summed E-state index contributed by atoms with van der Waals surface area (Å²) in [5.41, 5.74) is -2.12. The minimum absolute atomic E-state index is 0.223. The van der Waals surface area contributed by atoms with Gasteiger partial charge in [-0.25, -0.2) is 4.39 Å². The van der Waals surface area contributed by atoms with Crippen molar-refractivity contribution < 1.29 is 27.1 Å². The molecule has 0 saturated heterocycles. The van der Waals surface area contributed by atoms with Gasteiger partial charge < -0.3 is 14.6 Å². The summed E-state index contributed by atoms with van der Waals surface area (Å²) in [5, 5.41) is 2.44. The largest absolute Gasteiger partial charge is 0.494 e. The molecule has 0 atom stereocenters. The number of nitrogens with one attached hydrogen (secondary N) is 1. The maximum atomic E-state index is 13.4. The van der Waals surface area contributed by atoms with Crippen molar-refractivity contribution in [3.8, 4) is 5.75 Å². The molecule has 0 fully saturated rings. The number of carbonyl (C=O) groups is 1. The Labute approximate surface area is 162 Å². The molecule has 0 spiro atoms. The number of anilines is 1. The summed E-state index contributed by atoms with van der Waals surface area (Å²) >= 11 is 0. The van der Waals surface area contributed by atoms with Crippen molar-refractivity contribution in [1.82, 2.24) is 4.57 Å². The lowest BCUT2D eigenvalue weighted by molar-refractivity contribution is -0.139. The number of benzene rings is 2. The standard InChI is InChI=1S/C20H16F4N2O3/c1-3-29-12-5-7-17-13(9-12)18(27)14(10-26(17)2)19(28)25-11-4-6-16(21)15(8-11)20(22,23)24/h4-10H,3H2,1-2H3,(H,25,28). The van der Waals surface area contributed by atoms with Crippen molar-refractivity contribution in [3.05, 3.63) is 69.8 Å². The van der Waals surface area contributed by atoms with Crippen LogP contribution < -0.4 is 15.5 Å². The third-order valence-electron chi connectivity index (χ3n) is 4.25. The highest BCUT2D eigenvalue weighted by Crippen LogP contribution is 2.33. The fourth-order valence-electron chi connectivity index (χ4n) is 2.91. The SMILES string of the molecule is CCOc1ccc2c(c1)c(=O)c(C(=O)Nc1ccc(F)c(C(F)(F)F)c1)cn2C. The van der Waals surface area contributed by atoms with Gasteiger partial charge in [0.05, 0.1) is 23.1 Å². The molecule has 29 heavy (non-hydrogen) atoms. The zero-order valence-corrected chi connectivity index (χ0v) is 15.4. The molecule has 0 saturated carbocycles. The molecule has 1 amide bonds. The van der Waals surface area contributed by atoms with Crippen LogP contribution in [-0.4, -0.2) is 17.1 Å². The average Bonchev–Trinajstić information content (AvgIpc) is 2.65. The molecule has 5 nitrogen and oxygen atoms in total. The average molecular weight is 408 g/mol. The summed E-state index contributed by atoms with van der Waals surface area (Å²) < 4.78 is 58.9. The third-order valence-corrected chi connectivity index (χ3v) is 4.25. The first-order valence-electron chi connectivity index (χ1n) is 8.56. The van der Waals surface area contributed by atoms with Crippen molar-refractivity contribution in [3.63, 3.8) is 0 Å². The Hall–Kier alpha value is -3.36. The first kappa shape index (κ1) is 20.4. The zero-order valence-electron chi connectivity index (χ0n) is 15.4. The summed E-state index contributed by atoms with van der Waals surface area (Å²) in [6.07, 6.45) is -3.63. The summed E-state index contributed by atoms with van der Waals surface area (Å²) in [4.78, 5) is 25.3. The summed E-state index contributed by atoms with van der Waals surface area (Å²) in [5.74, 6) is -1.92. The van der Waals surface area contributed by atoms with Crippen molar-refractivity contribution in [1.29, 1.82) is 0 Å². The van der Waals surface area contributed by atoms with Gasteiger partial charge in [-0.05, 0) is 43.3 Å². The zero-order chi connectivity index (χ0) is 21.3. The van der Waals surface area contributed by atoms with E-state index in [-0.39, 0.29) is 16.6 Å². The Kier molecular flexibility index (Phi) is 5.32. The number of rotatable bonds is 4. The number of hydrogen-bond donors (Lipinski definition) is 1. The second-order valence-electron chi connectivity index (χ2n) is 6.24. The lowest BCUT2D eigenvalue weighted by atomic mass is 10.1. The number of pyridine rings is 1. The molecule has 3 aromatic rings. The van der Waals surface area contributed by atoms with E-state index in [9.17, 15) is 27.2 Å². The number of halogens is 4. The van der Waals surface area contributed by atoms with E-state index in [1.54, 1.807) is 30.7 Å². The van der Waals surface area contributed by atoms with Gasteiger partial charge in [-0.2, -0.15) is 13.2 Å². The lowest BCUT2D eigenvalue weighted by Crippen LogP contribution is -2.23. The van der Waals surface area contributed by atoms with Crippen LogP contribution in [0.25, 0.3) is 10.9 Å². The fraction of sp³-hybridized carbons (Fsp3) is 0.200. The molecule has 9 heteroatoms. The maximum absolute atomic E-state index is 13.4. The molecule has 2 aromatic carbocycles. The van der Waals surface area contributed by atoms with Crippen molar-refractivity contribution in [2.24, 2.45) is 7.05 Å². The van der Waals surface area contributed by atoms with Crippen LogP contribution in [0.3, 0.4) is 0 Å². The smallest absolute Gasteiger partial charge is 0.419 e. The van der Waals surface area contributed by atoms with E-state index in [0.717, 1.165) is 6.07 Å². The molecule has 0 bridgehead atoms. The topological polar surface area (TPSA) is 60.3 Å². The van der Waals surface area contributed by atoms with Crippen LogP contribution >= 0.6 is 0 Å². The molecule has 1 N–H and O–H groups in total. The third kappa shape index (κ3) is 4.08. The maximum Gasteiger partial charge on any atom is 0.419 e. The van der Waals surface area contributed by atoms with Crippen LogP contribution in [0.15, 0.2) is 47.4 Å². The number of amides is 1. The van der Waals surface area contributed by atoms with Crippen molar-refractivity contribution in [2.75, 3.05) is 11.9 Å². The quantitative estimate of drug-likeness (QED) is 0.653. The molecule has 3 rings (SSSR count). The number of aromatic nitrogens is 1. The number of ether oxygens (including phenoxy) is 1. The molecule has 0 aliphatic carbocycles.